The second-order valence-electron chi connectivity index (χ2n) is 6.35. The van der Waals surface area contributed by atoms with Crippen molar-refractivity contribution in [2.45, 2.75) is 45.6 Å². The lowest BCUT2D eigenvalue weighted by Gasteiger charge is -2.34. The van der Waals surface area contributed by atoms with Gasteiger partial charge < -0.3 is 10.6 Å². The molecule has 1 aliphatic rings. The number of hydrogen-bond acceptors (Lipinski definition) is 2. The van der Waals surface area contributed by atoms with Crippen LogP contribution in [0.5, 0.6) is 0 Å². The van der Waals surface area contributed by atoms with Crippen LogP contribution in [0, 0.1) is 17.7 Å². The Morgan fingerprint density at radius 3 is 2.57 bits per heavy atom. The van der Waals surface area contributed by atoms with Crippen LogP contribution < -0.4 is 10.6 Å². The highest BCUT2D eigenvalue weighted by atomic mass is 35.5. The maximum Gasteiger partial charge on any atom is 0.313 e. The van der Waals surface area contributed by atoms with Crippen LogP contribution in [-0.4, -0.2) is 17.9 Å². The van der Waals surface area contributed by atoms with Crippen molar-refractivity contribution < 1.29 is 14.0 Å². The Hall–Kier alpha value is -1.62. The predicted octanol–water partition coefficient (Wildman–Crippen LogP) is 3.75. The molecule has 1 aliphatic carbocycles. The van der Waals surface area contributed by atoms with Crippen LogP contribution in [0.4, 0.5) is 10.1 Å². The van der Waals surface area contributed by atoms with Gasteiger partial charge in [-0.05, 0) is 42.9 Å². The lowest BCUT2D eigenvalue weighted by molar-refractivity contribution is -0.137. The van der Waals surface area contributed by atoms with Gasteiger partial charge in [0.25, 0.3) is 0 Å². The first kappa shape index (κ1) is 17.7. The monoisotopic (exact) mass is 340 g/mol. The molecule has 2 N–H and O–H groups in total. The average Bonchev–Trinajstić information content (AvgIpc) is 2.50. The van der Waals surface area contributed by atoms with Gasteiger partial charge in [0.2, 0.25) is 0 Å². The SMILES string of the molecule is CC(C)C1CCCCC1NC(=O)C(=O)Nc1ccc(Cl)cc1F. The van der Waals surface area contributed by atoms with Gasteiger partial charge in [-0.25, -0.2) is 4.39 Å². The van der Waals surface area contributed by atoms with Gasteiger partial charge in [0.15, 0.2) is 0 Å². The van der Waals surface area contributed by atoms with E-state index in [1.807, 2.05) is 0 Å². The summed E-state index contributed by atoms with van der Waals surface area (Å²) in [5.41, 5.74) is -0.0568. The molecule has 2 amide bonds. The summed E-state index contributed by atoms with van der Waals surface area (Å²) in [4.78, 5) is 24.1. The van der Waals surface area contributed by atoms with Crippen LogP contribution in [0.2, 0.25) is 5.02 Å². The zero-order chi connectivity index (χ0) is 17.0. The number of halogens is 2. The molecular formula is C17H22ClFN2O2. The number of anilines is 1. The van der Waals surface area contributed by atoms with E-state index in [1.165, 1.54) is 12.1 Å². The van der Waals surface area contributed by atoms with Crippen molar-refractivity contribution in [2.24, 2.45) is 11.8 Å². The summed E-state index contributed by atoms with van der Waals surface area (Å²) in [6.45, 7) is 4.25. The van der Waals surface area contributed by atoms with E-state index in [0.717, 1.165) is 31.7 Å². The Labute approximate surface area is 140 Å². The lowest BCUT2D eigenvalue weighted by atomic mass is 9.78. The van der Waals surface area contributed by atoms with E-state index in [0.29, 0.717) is 11.8 Å². The van der Waals surface area contributed by atoms with Crippen LogP contribution in [0.1, 0.15) is 39.5 Å². The van der Waals surface area contributed by atoms with Crippen LogP contribution in [-0.2, 0) is 9.59 Å². The van der Waals surface area contributed by atoms with Crippen LogP contribution in [0.15, 0.2) is 18.2 Å². The molecule has 23 heavy (non-hydrogen) atoms. The number of benzene rings is 1. The van der Waals surface area contributed by atoms with Crippen molar-refractivity contribution >= 4 is 29.1 Å². The molecule has 6 heteroatoms. The molecule has 2 unspecified atom stereocenters. The van der Waals surface area contributed by atoms with Crippen molar-refractivity contribution in [3.63, 3.8) is 0 Å². The number of rotatable bonds is 3. The van der Waals surface area contributed by atoms with E-state index in [2.05, 4.69) is 24.5 Å². The van der Waals surface area contributed by atoms with Crippen molar-refractivity contribution in [1.82, 2.24) is 5.32 Å². The maximum atomic E-state index is 13.7. The minimum absolute atomic E-state index is 0.00272. The number of nitrogens with one attached hydrogen (secondary N) is 2. The largest absolute Gasteiger partial charge is 0.345 e. The minimum atomic E-state index is -0.862. The molecule has 0 spiro atoms. The second-order valence-corrected chi connectivity index (χ2v) is 6.79. The van der Waals surface area contributed by atoms with Crippen molar-refractivity contribution in [1.29, 1.82) is 0 Å². The molecule has 0 bridgehead atoms. The number of carbonyl (C=O) groups is 2. The standard InChI is InChI=1S/C17H22ClFN2O2/c1-10(2)12-5-3-4-6-14(12)20-16(22)17(23)21-15-8-7-11(18)9-13(15)19/h7-10,12,14H,3-6H2,1-2H3,(H,20,22)(H,21,23). The zero-order valence-corrected chi connectivity index (χ0v) is 14.1. The van der Waals surface area contributed by atoms with E-state index in [-0.39, 0.29) is 16.8 Å². The van der Waals surface area contributed by atoms with Crippen LogP contribution in [0.25, 0.3) is 0 Å². The Bertz CT molecular complexity index is 592. The van der Waals surface area contributed by atoms with E-state index < -0.39 is 17.6 Å². The normalized spacial score (nSPS) is 21.1. The van der Waals surface area contributed by atoms with Gasteiger partial charge in [0, 0.05) is 11.1 Å². The maximum absolute atomic E-state index is 13.7. The summed E-state index contributed by atoms with van der Waals surface area (Å²) in [5, 5.41) is 5.32. The van der Waals surface area contributed by atoms with Gasteiger partial charge >= 0.3 is 11.8 Å². The summed E-state index contributed by atoms with van der Waals surface area (Å²) >= 11 is 5.66. The Balaban J connectivity index is 1.98. The molecule has 0 aromatic heterocycles. The third kappa shape index (κ3) is 4.67. The van der Waals surface area contributed by atoms with Gasteiger partial charge in [-0.3, -0.25) is 9.59 Å². The molecular weight excluding hydrogens is 319 g/mol. The van der Waals surface area contributed by atoms with E-state index in [9.17, 15) is 14.0 Å². The number of hydrogen-bond donors (Lipinski definition) is 2. The quantitative estimate of drug-likeness (QED) is 0.823. The summed E-state index contributed by atoms with van der Waals surface area (Å²) in [6, 6.07) is 3.87. The van der Waals surface area contributed by atoms with Crippen LogP contribution in [0.3, 0.4) is 0 Å². The van der Waals surface area contributed by atoms with E-state index in [4.69, 9.17) is 11.6 Å². The molecule has 2 atom stereocenters. The molecule has 0 saturated heterocycles. The molecule has 4 nitrogen and oxygen atoms in total. The first-order valence-electron chi connectivity index (χ1n) is 7.95. The summed E-state index contributed by atoms with van der Waals surface area (Å²) < 4.78 is 13.7. The minimum Gasteiger partial charge on any atom is -0.345 e. The summed E-state index contributed by atoms with van der Waals surface area (Å²) in [5.74, 6) is -1.45. The van der Waals surface area contributed by atoms with E-state index in [1.54, 1.807) is 0 Å². The highest BCUT2D eigenvalue weighted by molar-refractivity contribution is 6.39. The van der Waals surface area contributed by atoms with Crippen molar-refractivity contribution in [3.05, 3.63) is 29.0 Å². The highest BCUT2D eigenvalue weighted by Crippen LogP contribution is 2.30. The molecule has 1 aromatic carbocycles. The third-order valence-corrected chi connectivity index (χ3v) is 4.61. The molecule has 0 aliphatic heterocycles. The topological polar surface area (TPSA) is 58.2 Å². The first-order valence-corrected chi connectivity index (χ1v) is 8.33. The van der Waals surface area contributed by atoms with Gasteiger partial charge in [-0.15, -0.1) is 0 Å². The summed E-state index contributed by atoms with van der Waals surface area (Å²) in [6.07, 6.45) is 4.12. The molecule has 1 fully saturated rings. The highest BCUT2D eigenvalue weighted by Gasteiger charge is 2.30. The summed E-state index contributed by atoms with van der Waals surface area (Å²) in [7, 11) is 0. The Kier molecular flexibility index (Phi) is 5.99. The van der Waals surface area contributed by atoms with Gasteiger partial charge in [0.1, 0.15) is 5.82 Å². The fraction of sp³-hybridized carbons (Fsp3) is 0.529. The smallest absolute Gasteiger partial charge is 0.313 e. The average molecular weight is 341 g/mol. The van der Waals surface area contributed by atoms with Crippen molar-refractivity contribution in [3.8, 4) is 0 Å². The van der Waals surface area contributed by atoms with Crippen molar-refractivity contribution in [2.75, 3.05) is 5.32 Å². The van der Waals surface area contributed by atoms with Gasteiger partial charge in [0.05, 0.1) is 5.69 Å². The number of amides is 2. The third-order valence-electron chi connectivity index (χ3n) is 4.38. The Morgan fingerprint density at radius 1 is 1.22 bits per heavy atom. The van der Waals surface area contributed by atoms with Gasteiger partial charge in [-0.1, -0.05) is 38.3 Å². The fourth-order valence-electron chi connectivity index (χ4n) is 3.14. The predicted molar refractivity (Wildman–Crippen MR) is 88.8 cm³/mol. The zero-order valence-electron chi connectivity index (χ0n) is 13.4. The molecule has 126 valence electrons. The Morgan fingerprint density at radius 2 is 1.91 bits per heavy atom. The van der Waals surface area contributed by atoms with Gasteiger partial charge in [-0.2, -0.15) is 0 Å². The lowest BCUT2D eigenvalue weighted by Crippen LogP contribution is -2.47. The first-order chi connectivity index (χ1) is 10.9. The molecule has 2 rings (SSSR count). The molecule has 0 radical (unpaired) electrons. The van der Waals surface area contributed by atoms with E-state index >= 15 is 0 Å². The fourth-order valence-corrected chi connectivity index (χ4v) is 3.30. The number of carbonyl (C=O) groups excluding carboxylic acids is 2. The molecule has 1 aromatic rings. The second kappa shape index (κ2) is 7.77. The van der Waals surface area contributed by atoms with Crippen LogP contribution >= 0.6 is 11.6 Å². The molecule has 0 heterocycles. The molecule has 1 saturated carbocycles.